The van der Waals surface area contributed by atoms with Crippen molar-refractivity contribution in [2.45, 2.75) is 51.1 Å². The van der Waals surface area contributed by atoms with Crippen molar-refractivity contribution in [3.63, 3.8) is 0 Å². The number of fused-ring (bicyclic) bond motifs is 1. The summed E-state index contributed by atoms with van der Waals surface area (Å²) >= 11 is 1.85. The second kappa shape index (κ2) is 5.63. The van der Waals surface area contributed by atoms with E-state index < -0.39 is 0 Å². The second-order valence-corrected chi connectivity index (χ2v) is 6.54. The molecular formula is C15H22N2OS. The van der Waals surface area contributed by atoms with Gasteiger partial charge in [0.05, 0.1) is 6.54 Å². The van der Waals surface area contributed by atoms with E-state index in [2.05, 4.69) is 23.7 Å². The molecule has 2 aliphatic rings. The maximum atomic E-state index is 12.2. The highest BCUT2D eigenvalue weighted by Gasteiger charge is 2.31. The number of carbonyl (C=O) groups is 1. The zero-order valence-electron chi connectivity index (χ0n) is 11.5. The summed E-state index contributed by atoms with van der Waals surface area (Å²) in [6, 6.07) is 3.14. The van der Waals surface area contributed by atoms with E-state index in [9.17, 15) is 4.79 Å². The number of hydrogen-bond donors (Lipinski definition) is 1. The first-order chi connectivity index (χ1) is 9.29. The Kier molecular flexibility index (Phi) is 3.89. The van der Waals surface area contributed by atoms with Crippen molar-refractivity contribution in [2.24, 2.45) is 0 Å². The van der Waals surface area contributed by atoms with Gasteiger partial charge in [0.2, 0.25) is 5.91 Å². The van der Waals surface area contributed by atoms with Crippen LogP contribution in [0.15, 0.2) is 11.4 Å². The summed E-state index contributed by atoms with van der Waals surface area (Å²) in [5.41, 5.74) is 1.43. The van der Waals surface area contributed by atoms with Gasteiger partial charge in [-0.25, -0.2) is 0 Å². The Morgan fingerprint density at radius 2 is 2.32 bits per heavy atom. The van der Waals surface area contributed by atoms with Crippen molar-refractivity contribution in [1.29, 1.82) is 0 Å². The summed E-state index contributed by atoms with van der Waals surface area (Å²) in [5.74, 6) is 0.271. The Bertz CT molecular complexity index is 453. The van der Waals surface area contributed by atoms with Crippen molar-refractivity contribution >= 4 is 17.2 Å². The molecule has 1 N–H and O–H groups in total. The fourth-order valence-electron chi connectivity index (χ4n) is 3.03. The lowest BCUT2D eigenvalue weighted by molar-refractivity contribution is -0.130. The summed E-state index contributed by atoms with van der Waals surface area (Å²) in [6.45, 7) is 3.41. The Balaban J connectivity index is 1.57. The molecule has 1 unspecified atom stereocenters. The fraction of sp³-hybridized carbons (Fsp3) is 0.667. The minimum Gasteiger partial charge on any atom is -0.339 e. The number of nitrogens with zero attached hydrogens (tertiary/aromatic N) is 1. The highest BCUT2D eigenvalue weighted by Crippen LogP contribution is 2.33. The standard InChI is InChI=1S/C15H22N2OS/c1-2-17(11-6-7-11)15(18)10-16-13-4-3-5-14-12(13)8-9-19-14/h8-9,11,13,16H,2-7,10H2,1H3. The summed E-state index contributed by atoms with van der Waals surface area (Å²) < 4.78 is 0. The highest BCUT2D eigenvalue weighted by atomic mass is 32.1. The van der Waals surface area contributed by atoms with Crippen LogP contribution in [0.25, 0.3) is 0 Å². The molecule has 1 amide bonds. The van der Waals surface area contributed by atoms with E-state index in [1.165, 1.54) is 36.1 Å². The highest BCUT2D eigenvalue weighted by molar-refractivity contribution is 7.10. The molecule has 0 saturated heterocycles. The van der Waals surface area contributed by atoms with Crippen LogP contribution >= 0.6 is 11.3 Å². The van der Waals surface area contributed by atoms with Crippen molar-refractivity contribution < 1.29 is 4.79 Å². The van der Waals surface area contributed by atoms with Gasteiger partial charge in [-0.15, -0.1) is 11.3 Å². The fourth-order valence-corrected chi connectivity index (χ4v) is 4.02. The normalized spacial score (nSPS) is 22.1. The zero-order chi connectivity index (χ0) is 13.2. The SMILES string of the molecule is CCN(C(=O)CNC1CCCc2sccc21)C1CC1. The van der Waals surface area contributed by atoms with Crippen molar-refractivity contribution in [3.8, 4) is 0 Å². The molecule has 104 valence electrons. The molecule has 1 heterocycles. The molecular weight excluding hydrogens is 256 g/mol. The summed E-state index contributed by atoms with van der Waals surface area (Å²) in [7, 11) is 0. The molecule has 2 aliphatic carbocycles. The number of aryl methyl sites for hydroxylation is 1. The Hall–Kier alpha value is -0.870. The van der Waals surface area contributed by atoms with Crippen LogP contribution in [0, 0.1) is 0 Å². The first kappa shape index (κ1) is 13.1. The van der Waals surface area contributed by atoms with E-state index in [4.69, 9.17) is 0 Å². The molecule has 19 heavy (non-hydrogen) atoms. The van der Waals surface area contributed by atoms with Gasteiger partial charge >= 0.3 is 0 Å². The van der Waals surface area contributed by atoms with E-state index in [0.717, 1.165) is 13.0 Å². The molecule has 3 nitrogen and oxygen atoms in total. The average Bonchev–Trinajstić information content (AvgIpc) is 3.13. The molecule has 0 aliphatic heterocycles. The molecule has 3 rings (SSSR count). The topological polar surface area (TPSA) is 32.3 Å². The second-order valence-electron chi connectivity index (χ2n) is 5.54. The van der Waals surface area contributed by atoms with Gasteiger partial charge in [-0.3, -0.25) is 4.79 Å². The van der Waals surface area contributed by atoms with E-state index in [-0.39, 0.29) is 5.91 Å². The zero-order valence-corrected chi connectivity index (χ0v) is 12.3. The number of nitrogens with one attached hydrogen (secondary N) is 1. The number of hydrogen-bond acceptors (Lipinski definition) is 3. The van der Waals surface area contributed by atoms with Crippen LogP contribution in [0.1, 0.15) is 49.1 Å². The molecule has 0 aromatic carbocycles. The maximum Gasteiger partial charge on any atom is 0.236 e. The van der Waals surface area contributed by atoms with Crippen LogP contribution in [0.3, 0.4) is 0 Å². The molecule has 0 spiro atoms. The number of amides is 1. The smallest absolute Gasteiger partial charge is 0.236 e. The predicted molar refractivity (Wildman–Crippen MR) is 78.4 cm³/mol. The van der Waals surface area contributed by atoms with Crippen LogP contribution in [0.2, 0.25) is 0 Å². The van der Waals surface area contributed by atoms with E-state index in [1.54, 1.807) is 0 Å². The van der Waals surface area contributed by atoms with Gasteiger partial charge in [0, 0.05) is 23.5 Å². The Morgan fingerprint density at radius 3 is 3.05 bits per heavy atom. The third-order valence-electron chi connectivity index (χ3n) is 4.20. The largest absolute Gasteiger partial charge is 0.339 e. The van der Waals surface area contributed by atoms with Crippen LogP contribution in [0.4, 0.5) is 0 Å². The lowest BCUT2D eigenvalue weighted by atomic mass is 9.94. The monoisotopic (exact) mass is 278 g/mol. The number of thiophene rings is 1. The molecule has 1 atom stereocenters. The lowest BCUT2D eigenvalue weighted by Gasteiger charge is -2.26. The van der Waals surface area contributed by atoms with E-state index in [0.29, 0.717) is 18.6 Å². The van der Waals surface area contributed by atoms with Gasteiger partial charge in [-0.05, 0) is 56.0 Å². The van der Waals surface area contributed by atoms with Crippen LogP contribution in [-0.2, 0) is 11.2 Å². The lowest BCUT2D eigenvalue weighted by Crippen LogP contribution is -2.40. The first-order valence-corrected chi connectivity index (χ1v) is 8.26. The minimum atomic E-state index is 0.271. The summed E-state index contributed by atoms with van der Waals surface area (Å²) in [5, 5.41) is 5.65. The third-order valence-corrected chi connectivity index (χ3v) is 5.20. The molecule has 4 heteroatoms. The molecule has 1 aromatic heterocycles. The van der Waals surface area contributed by atoms with Crippen molar-refractivity contribution in [3.05, 3.63) is 21.9 Å². The predicted octanol–water partition coefficient (Wildman–Crippen LogP) is 2.73. The van der Waals surface area contributed by atoms with Crippen LogP contribution < -0.4 is 5.32 Å². The molecule has 1 aromatic rings. The van der Waals surface area contributed by atoms with Crippen molar-refractivity contribution in [1.82, 2.24) is 10.2 Å². The van der Waals surface area contributed by atoms with Gasteiger partial charge in [-0.2, -0.15) is 0 Å². The third kappa shape index (κ3) is 2.84. The summed E-state index contributed by atoms with van der Waals surface area (Å²) in [4.78, 5) is 15.8. The minimum absolute atomic E-state index is 0.271. The van der Waals surface area contributed by atoms with Gasteiger partial charge in [0.1, 0.15) is 0 Å². The molecule has 0 bridgehead atoms. The van der Waals surface area contributed by atoms with Crippen molar-refractivity contribution in [2.75, 3.05) is 13.1 Å². The maximum absolute atomic E-state index is 12.2. The van der Waals surface area contributed by atoms with Gasteiger partial charge in [0.15, 0.2) is 0 Å². The number of likely N-dealkylation sites (N-methyl/N-ethyl adjacent to an activating group) is 1. The molecule has 1 fully saturated rings. The summed E-state index contributed by atoms with van der Waals surface area (Å²) in [6.07, 6.45) is 5.99. The number of carbonyl (C=O) groups excluding carboxylic acids is 1. The molecule has 1 saturated carbocycles. The Morgan fingerprint density at radius 1 is 1.47 bits per heavy atom. The van der Waals surface area contributed by atoms with Crippen LogP contribution in [0.5, 0.6) is 0 Å². The van der Waals surface area contributed by atoms with Crippen LogP contribution in [-0.4, -0.2) is 29.9 Å². The van der Waals surface area contributed by atoms with Gasteiger partial charge in [0.25, 0.3) is 0 Å². The first-order valence-electron chi connectivity index (χ1n) is 7.38. The van der Waals surface area contributed by atoms with E-state index >= 15 is 0 Å². The average molecular weight is 278 g/mol. The molecule has 0 radical (unpaired) electrons. The van der Waals surface area contributed by atoms with Gasteiger partial charge < -0.3 is 10.2 Å². The van der Waals surface area contributed by atoms with E-state index in [1.807, 2.05) is 16.2 Å². The quantitative estimate of drug-likeness (QED) is 0.898. The number of rotatable bonds is 5. The Labute approximate surface area is 119 Å². The van der Waals surface area contributed by atoms with Gasteiger partial charge in [-0.1, -0.05) is 0 Å².